The molecule has 6 nitrogen and oxygen atoms in total. The summed E-state index contributed by atoms with van der Waals surface area (Å²) in [4.78, 5) is 34.6. The summed E-state index contributed by atoms with van der Waals surface area (Å²) in [6.07, 6.45) is -0.145. The van der Waals surface area contributed by atoms with Crippen molar-refractivity contribution in [2.24, 2.45) is 5.41 Å². The topological polar surface area (TPSA) is 95.5 Å². The molecule has 0 radical (unpaired) electrons. The molecule has 1 aromatic rings. The maximum atomic E-state index is 11.9. The average Bonchev–Trinajstić information content (AvgIpc) is 2.38. The summed E-state index contributed by atoms with van der Waals surface area (Å²) in [6.45, 7) is 5.31. The van der Waals surface area contributed by atoms with Crippen LogP contribution in [0, 0.1) is 5.41 Å². The van der Waals surface area contributed by atoms with Gasteiger partial charge in [0.25, 0.3) is 5.91 Å². The van der Waals surface area contributed by atoms with Gasteiger partial charge in [-0.15, -0.1) is 0 Å². The van der Waals surface area contributed by atoms with Gasteiger partial charge in [0.05, 0.1) is 5.41 Å². The van der Waals surface area contributed by atoms with Gasteiger partial charge in [-0.25, -0.2) is 0 Å². The Balaban J connectivity index is 2.75. The van der Waals surface area contributed by atoms with E-state index in [2.05, 4.69) is 10.6 Å². The average molecular weight is 292 g/mol. The van der Waals surface area contributed by atoms with Crippen LogP contribution in [0.5, 0.6) is 0 Å². The second-order valence-corrected chi connectivity index (χ2v) is 5.35. The van der Waals surface area contributed by atoms with Gasteiger partial charge in [-0.1, -0.05) is 6.07 Å². The lowest BCUT2D eigenvalue weighted by Crippen LogP contribution is -2.29. The van der Waals surface area contributed by atoms with E-state index in [0.717, 1.165) is 0 Å². The van der Waals surface area contributed by atoms with E-state index < -0.39 is 17.3 Å². The number of carbonyl (C=O) groups is 3. The number of anilines is 1. The Kier molecular flexibility index (Phi) is 5.46. The summed E-state index contributed by atoms with van der Waals surface area (Å²) in [6, 6.07) is 6.50. The lowest BCUT2D eigenvalue weighted by atomic mass is 9.89. The van der Waals surface area contributed by atoms with Crippen molar-refractivity contribution in [3.05, 3.63) is 29.8 Å². The number of carboxylic acid groups (broad SMARTS) is 1. The number of rotatable bonds is 6. The third-order valence-electron chi connectivity index (χ3n) is 2.93. The van der Waals surface area contributed by atoms with Crippen molar-refractivity contribution in [3.8, 4) is 0 Å². The Morgan fingerprint density at radius 3 is 2.48 bits per heavy atom. The van der Waals surface area contributed by atoms with Crippen molar-refractivity contribution in [3.63, 3.8) is 0 Å². The number of aliphatic carboxylic acids is 1. The predicted molar refractivity (Wildman–Crippen MR) is 79.1 cm³/mol. The highest BCUT2D eigenvalue weighted by atomic mass is 16.4. The van der Waals surface area contributed by atoms with E-state index >= 15 is 0 Å². The summed E-state index contributed by atoms with van der Waals surface area (Å²) in [5.41, 5.74) is -0.238. The Morgan fingerprint density at radius 2 is 1.90 bits per heavy atom. The maximum Gasteiger partial charge on any atom is 0.309 e. The fourth-order valence-electron chi connectivity index (χ4n) is 1.68. The van der Waals surface area contributed by atoms with Crippen LogP contribution in [0.15, 0.2) is 24.3 Å². The summed E-state index contributed by atoms with van der Waals surface area (Å²) in [5.74, 6) is -1.66. The third kappa shape index (κ3) is 4.91. The molecule has 0 saturated carbocycles. The van der Waals surface area contributed by atoms with E-state index in [9.17, 15) is 14.4 Å². The second-order valence-electron chi connectivity index (χ2n) is 5.35. The Labute approximate surface area is 123 Å². The Hall–Kier alpha value is -2.37. The zero-order valence-electron chi connectivity index (χ0n) is 12.4. The molecule has 0 atom stereocenters. The van der Waals surface area contributed by atoms with Gasteiger partial charge in [-0.2, -0.15) is 0 Å². The van der Waals surface area contributed by atoms with Crippen LogP contribution in [0.2, 0.25) is 0 Å². The first-order valence-electron chi connectivity index (χ1n) is 6.68. The van der Waals surface area contributed by atoms with Gasteiger partial charge in [0.15, 0.2) is 0 Å². The molecule has 0 spiro atoms. The van der Waals surface area contributed by atoms with E-state index in [1.807, 2.05) is 6.92 Å². The van der Waals surface area contributed by atoms with Crippen LogP contribution < -0.4 is 10.6 Å². The molecular weight excluding hydrogens is 272 g/mol. The van der Waals surface area contributed by atoms with E-state index in [1.54, 1.807) is 24.3 Å². The highest BCUT2D eigenvalue weighted by molar-refractivity contribution is 5.98. The van der Waals surface area contributed by atoms with Gasteiger partial charge in [0.1, 0.15) is 0 Å². The summed E-state index contributed by atoms with van der Waals surface area (Å²) in [7, 11) is 0. The quantitative estimate of drug-likeness (QED) is 0.746. The molecule has 3 N–H and O–H groups in total. The molecule has 2 amide bonds. The number of hydrogen-bond acceptors (Lipinski definition) is 3. The largest absolute Gasteiger partial charge is 0.481 e. The van der Waals surface area contributed by atoms with Crippen LogP contribution in [0.1, 0.15) is 37.6 Å². The first-order chi connectivity index (χ1) is 9.76. The van der Waals surface area contributed by atoms with E-state index in [1.165, 1.54) is 13.8 Å². The van der Waals surface area contributed by atoms with Gasteiger partial charge in [0, 0.05) is 24.2 Å². The molecule has 1 aromatic carbocycles. The smallest absolute Gasteiger partial charge is 0.309 e. The van der Waals surface area contributed by atoms with E-state index in [0.29, 0.717) is 17.8 Å². The molecule has 0 saturated heterocycles. The van der Waals surface area contributed by atoms with E-state index in [-0.39, 0.29) is 12.3 Å². The first-order valence-corrected chi connectivity index (χ1v) is 6.68. The van der Waals surface area contributed by atoms with Crippen molar-refractivity contribution in [2.45, 2.75) is 27.2 Å². The van der Waals surface area contributed by atoms with Gasteiger partial charge < -0.3 is 15.7 Å². The standard InChI is InChI=1S/C15H20N2O4/c1-4-16-13(19)10-6-5-7-11(8-10)17-12(18)9-15(2,3)14(20)21/h5-8H,4,9H2,1-3H3,(H,16,19)(H,17,18)(H,20,21). The summed E-state index contributed by atoms with van der Waals surface area (Å²) in [5, 5.41) is 14.3. The van der Waals surface area contributed by atoms with Crippen molar-refractivity contribution in [1.29, 1.82) is 0 Å². The number of hydrogen-bond donors (Lipinski definition) is 3. The maximum absolute atomic E-state index is 11.9. The number of benzene rings is 1. The van der Waals surface area contributed by atoms with Crippen molar-refractivity contribution < 1.29 is 19.5 Å². The van der Waals surface area contributed by atoms with Crippen LogP contribution >= 0.6 is 0 Å². The van der Waals surface area contributed by atoms with Gasteiger partial charge in [0.2, 0.25) is 5.91 Å². The molecule has 114 valence electrons. The number of carbonyl (C=O) groups excluding carboxylic acids is 2. The Bertz CT molecular complexity index is 552. The summed E-state index contributed by atoms with van der Waals surface area (Å²) < 4.78 is 0. The van der Waals surface area contributed by atoms with Gasteiger partial charge >= 0.3 is 5.97 Å². The highest BCUT2D eigenvalue weighted by Crippen LogP contribution is 2.21. The predicted octanol–water partition coefficient (Wildman–Crippen LogP) is 1.88. The van der Waals surface area contributed by atoms with Gasteiger partial charge in [-0.05, 0) is 39.0 Å². The van der Waals surface area contributed by atoms with Crippen LogP contribution in [-0.2, 0) is 9.59 Å². The molecule has 6 heteroatoms. The zero-order chi connectivity index (χ0) is 16.0. The van der Waals surface area contributed by atoms with Crippen molar-refractivity contribution >= 4 is 23.5 Å². The van der Waals surface area contributed by atoms with Crippen LogP contribution in [0.3, 0.4) is 0 Å². The first kappa shape index (κ1) is 16.7. The fraction of sp³-hybridized carbons (Fsp3) is 0.400. The molecule has 1 rings (SSSR count). The van der Waals surface area contributed by atoms with Gasteiger partial charge in [-0.3, -0.25) is 14.4 Å². The molecule has 0 aliphatic heterocycles. The molecule has 0 aliphatic carbocycles. The molecule has 0 bridgehead atoms. The second kappa shape index (κ2) is 6.88. The van der Waals surface area contributed by atoms with Crippen molar-refractivity contribution in [2.75, 3.05) is 11.9 Å². The zero-order valence-corrected chi connectivity index (χ0v) is 12.4. The molecule has 0 heterocycles. The van der Waals surface area contributed by atoms with Crippen LogP contribution in [0.4, 0.5) is 5.69 Å². The van der Waals surface area contributed by atoms with Crippen LogP contribution in [-0.4, -0.2) is 29.4 Å². The lowest BCUT2D eigenvalue weighted by molar-refractivity contribution is -0.148. The molecule has 0 unspecified atom stereocenters. The lowest BCUT2D eigenvalue weighted by Gasteiger charge is -2.18. The minimum absolute atomic E-state index is 0.145. The monoisotopic (exact) mass is 292 g/mol. The minimum atomic E-state index is -1.14. The summed E-state index contributed by atoms with van der Waals surface area (Å²) >= 11 is 0. The SMILES string of the molecule is CCNC(=O)c1cccc(NC(=O)CC(C)(C)C(=O)O)c1. The highest BCUT2D eigenvalue weighted by Gasteiger charge is 2.30. The number of carboxylic acids is 1. The number of nitrogens with one attached hydrogen (secondary N) is 2. The van der Waals surface area contributed by atoms with Crippen molar-refractivity contribution in [1.82, 2.24) is 5.32 Å². The minimum Gasteiger partial charge on any atom is -0.481 e. The Morgan fingerprint density at radius 1 is 1.24 bits per heavy atom. The third-order valence-corrected chi connectivity index (χ3v) is 2.93. The normalized spacial score (nSPS) is 10.8. The number of amides is 2. The fourth-order valence-corrected chi connectivity index (χ4v) is 1.68. The molecule has 0 aliphatic rings. The molecule has 0 aromatic heterocycles. The molecule has 0 fully saturated rings. The van der Waals surface area contributed by atoms with E-state index in [4.69, 9.17) is 5.11 Å². The molecular formula is C15H20N2O4. The van der Waals surface area contributed by atoms with Crippen LogP contribution in [0.25, 0.3) is 0 Å². The molecule has 21 heavy (non-hydrogen) atoms.